The van der Waals surface area contributed by atoms with Crippen LogP contribution in [0.2, 0.25) is 0 Å². The molecule has 5 heteroatoms. The topological polar surface area (TPSA) is 49.9 Å². The van der Waals surface area contributed by atoms with Gasteiger partial charge in [0.2, 0.25) is 0 Å². The Kier molecular flexibility index (Phi) is 6.59. The number of benzene rings is 3. The average molecular weight is 441 g/mol. The van der Waals surface area contributed by atoms with E-state index in [1.165, 1.54) is 4.90 Å². The highest BCUT2D eigenvalue weighted by Crippen LogP contribution is 2.36. The number of anilines is 1. The molecular weight excluding hydrogens is 412 g/mol. The zero-order valence-corrected chi connectivity index (χ0v) is 19.2. The predicted octanol–water partition coefficient (Wildman–Crippen LogP) is 5.20. The van der Waals surface area contributed by atoms with Crippen molar-refractivity contribution in [3.8, 4) is 5.75 Å². The Morgan fingerprint density at radius 2 is 1.61 bits per heavy atom. The highest BCUT2D eigenvalue weighted by atomic mass is 16.5. The van der Waals surface area contributed by atoms with Crippen molar-refractivity contribution in [3.63, 3.8) is 0 Å². The summed E-state index contributed by atoms with van der Waals surface area (Å²) >= 11 is 0. The van der Waals surface area contributed by atoms with Crippen LogP contribution in [0, 0.1) is 6.92 Å². The van der Waals surface area contributed by atoms with Crippen LogP contribution in [0.5, 0.6) is 5.75 Å². The van der Waals surface area contributed by atoms with E-state index >= 15 is 0 Å². The highest BCUT2D eigenvalue weighted by molar-refractivity contribution is 6.45. The van der Waals surface area contributed by atoms with Gasteiger partial charge in [-0.1, -0.05) is 73.2 Å². The second kappa shape index (κ2) is 9.74. The SMILES string of the molecule is CCCOc1cccc(N2C(=O)C(c3ccc(C)cc3)=C(N(C)Cc3ccccc3)C2=O)c1. The lowest BCUT2D eigenvalue weighted by Crippen LogP contribution is -2.34. The molecule has 0 spiro atoms. The van der Waals surface area contributed by atoms with Gasteiger partial charge in [-0.3, -0.25) is 9.59 Å². The summed E-state index contributed by atoms with van der Waals surface area (Å²) in [6, 6.07) is 24.8. The monoisotopic (exact) mass is 440 g/mol. The molecule has 3 aromatic rings. The number of ether oxygens (including phenoxy) is 1. The number of likely N-dealkylation sites (N-methyl/N-ethyl adjacent to an activating group) is 1. The molecule has 0 N–H and O–H groups in total. The number of carbonyl (C=O) groups excluding carboxylic acids is 2. The van der Waals surface area contributed by atoms with Crippen molar-refractivity contribution in [2.75, 3.05) is 18.6 Å². The largest absolute Gasteiger partial charge is 0.494 e. The van der Waals surface area contributed by atoms with Crippen molar-refractivity contribution in [3.05, 3.63) is 101 Å². The molecule has 1 aliphatic heterocycles. The lowest BCUT2D eigenvalue weighted by molar-refractivity contribution is -0.120. The second-order valence-electron chi connectivity index (χ2n) is 8.22. The van der Waals surface area contributed by atoms with Gasteiger partial charge in [-0.05, 0) is 36.6 Å². The third kappa shape index (κ3) is 4.67. The molecular formula is C28H28N2O3. The van der Waals surface area contributed by atoms with Crippen LogP contribution in [0.15, 0.2) is 84.6 Å². The van der Waals surface area contributed by atoms with Gasteiger partial charge in [0.05, 0.1) is 17.9 Å². The van der Waals surface area contributed by atoms with Crippen LogP contribution in [0.25, 0.3) is 5.57 Å². The van der Waals surface area contributed by atoms with Gasteiger partial charge in [0.15, 0.2) is 0 Å². The summed E-state index contributed by atoms with van der Waals surface area (Å²) in [6.07, 6.45) is 0.874. The first-order chi connectivity index (χ1) is 16.0. The summed E-state index contributed by atoms with van der Waals surface area (Å²) in [5.41, 5.74) is 4.20. The maximum absolute atomic E-state index is 13.7. The molecule has 0 atom stereocenters. The van der Waals surface area contributed by atoms with Crippen LogP contribution in [-0.2, 0) is 16.1 Å². The summed E-state index contributed by atoms with van der Waals surface area (Å²) in [6.45, 7) is 5.11. The third-order valence-electron chi connectivity index (χ3n) is 5.59. The van der Waals surface area contributed by atoms with Crippen LogP contribution in [0.3, 0.4) is 0 Å². The van der Waals surface area contributed by atoms with E-state index in [2.05, 4.69) is 0 Å². The fourth-order valence-electron chi connectivity index (χ4n) is 3.96. The van der Waals surface area contributed by atoms with Gasteiger partial charge in [0, 0.05) is 19.7 Å². The molecule has 0 saturated heterocycles. The molecule has 0 fully saturated rings. The second-order valence-corrected chi connectivity index (χ2v) is 8.22. The molecule has 0 radical (unpaired) electrons. The zero-order chi connectivity index (χ0) is 23.4. The molecule has 0 aromatic heterocycles. The number of aryl methyl sites for hydroxylation is 1. The van der Waals surface area contributed by atoms with E-state index in [9.17, 15) is 9.59 Å². The molecule has 168 valence electrons. The van der Waals surface area contributed by atoms with Gasteiger partial charge >= 0.3 is 0 Å². The molecule has 4 rings (SSSR count). The molecule has 5 nitrogen and oxygen atoms in total. The minimum atomic E-state index is -0.332. The average Bonchev–Trinajstić information content (AvgIpc) is 3.09. The number of hydrogen-bond acceptors (Lipinski definition) is 4. The lowest BCUT2D eigenvalue weighted by Gasteiger charge is -2.22. The zero-order valence-electron chi connectivity index (χ0n) is 19.2. The van der Waals surface area contributed by atoms with E-state index in [0.29, 0.717) is 35.9 Å². The standard InChI is InChI=1S/C28H28N2O3/c1-4-17-33-24-12-8-11-23(18-24)30-27(31)25(22-15-13-20(2)14-16-22)26(28(30)32)29(3)19-21-9-6-5-7-10-21/h5-16,18H,4,17,19H2,1-3H3. The van der Waals surface area contributed by atoms with E-state index in [4.69, 9.17) is 4.74 Å². The number of imide groups is 1. The van der Waals surface area contributed by atoms with Gasteiger partial charge in [0.25, 0.3) is 11.8 Å². The summed E-state index contributed by atoms with van der Waals surface area (Å²) in [5.74, 6) is -0.0222. The van der Waals surface area contributed by atoms with E-state index < -0.39 is 0 Å². The molecule has 33 heavy (non-hydrogen) atoms. The molecule has 1 heterocycles. The van der Waals surface area contributed by atoms with Crippen molar-refractivity contribution in [1.82, 2.24) is 4.90 Å². The molecule has 0 aliphatic carbocycles. The Hall–Kier alpha value is -3.86. The van der Waals surface area contributed by atoms with Crippen LogP contribution < -0.4 is 9.64 Å². The summed E-state index contributed by atoms with van der Waals surface area (Å²) in [7, 11) is 1.85. The van der Waals surface area contributed by atoms with E-state index in [1.54, 1.807) is 18.2 Å². The number of hydrogen-bond donors (Lipinski definition) is 0. The smallest absolute Gasteiger partial charge is 0.282 e. The van der Waals surface area contributed by atoms with Crippen molar-refractivity contribution >= 4 is 23.1 Å². The van der Waals surface area contributed by atoms with Crippen molar-refractivity contribution in [2.24, 2.45) is 0 Å². The fraction of sp³-hybridized carbons (Fsp3) is 0.214. The maximum Gasteiger partial charge on any atom is 0.282 e. The predicted molar refractivity (Wildman–Crippen MR) is 131 cm³/mol. The van der Waals surface area contributed by atoms with Gasteiger partial charge in [-0.15, -0.1) is 0 Å². The Morgan fingerprint density at radius 3 is 2.30 bits per heavy atom. The Labute approximate surface area is 194 Å². The molecule has 0 unspecified atom stereocenters. The number of nitrogens with zero attached hydrogens (tertiary/aromatic N) is 2. The number of rotatable bonds is 8. The first-order valence-electron chi connectivity index (χ1n) is 11.2. The fourth-order valence-corrected chi connectivity index (χ4v) is 3.96. The summed E-state index contributed by atoms with van der Waals surface area (Å²) < 4.78 is 5.73. The van der Waals surface area contributed by atoms with Crippen LogP contribution in [-0.4, -0.2) is 30.4 Å². The first-order valence-corrected chi connectivity index (χ1v) is 11.2. The third-order valence-corrected chi connectivity index (χ3v) is 5.59. The maximum atomic E-state index is 13.7. The molecule has 0 saturated carbocycles. The Morgan fingerprint density at radius 1 is 0.879 bits per heavy atom. The molecule has 1 aliphatic rings. The minimum Gasteiger partial charge on any atom is -0.494 e. The summed E-state index contributed by atoms with van der Waals surface area (Å²) in [4.78, 5) is 30.5. The quantitative estimate of drug-likeness (QED) is 0.452. The summed E-state index contributed by atoms with van der Waals surface area (Å²) in [5, 5.41) is 0. The van der Waals surface area contributed by atoms with Gasteiger partial charge in [-0.2, -0.15) is 0 Å². The van der Waals surface area contributed by atoms with Crippen molar-refractivity contribution in [2.45, 2.75) is 26.8 Å². The van der Waals surface area contributed by atoms with Crippen LogP contribution >= 0.6 is 0 Å². The normalized spacial score (nSPS) is 13.6. The first kappa shape index (κ1) is 22.3. The van der Waals surface area contributed by atoms with E-state index in [0.717, 1.165) is 23.1 Å². The number of carbonyl (C=O) groups is 2. The number of amides is 2. The van der Waals surface area contributed by atoms with Crippen LogP contribution in [0.1, 0.15) is 30.0 Å². The Balaban J connectivity index is 1.75. The highest BCUT2D eigenvalue weighted by Gasteiger charge is 2.41. The molecule has 3 aromatic carbocycles. The lowest BCUT2D eigenvalue weighted by atomic mass is 10.0. The Bertz CT molecular complexity index is 1180. The van der Waals surface area contributed by atoms with Gasteiger partial charge in [0.1, 0.15) is 11.4 Å². The minimum absolute atomic E-state index is 0.327. The van der Waals surface area contributed by atoms with Crippen LogP contribution in [0.4, 0.5) is 5.69 Å². The van der Waals surface area contributed by atoms with Crippen molar-refractivity contribution in [1.29, 1.82) is 0 Å². The van der Waals surface area contributed by atoms with Crippen molar-refractivity contribution < 1.29 is 14.3 Å². The van der Waals surface area contributed by atoms with E-state index in [-0.39, 0.29) is 11.8 Å². The molecule has 0 bridgehead atoms. The van der Waals surface area contributed by atoms with Gasteiger partial charge < -0.3 is 9.64 Å². The van der Waals surface area contributed by atoms with E-state index in [1.807, 2.05) is 86.5 Å². The van der Waals surface area contributed by atoms with Gasteiger partial charge in [-0.25, -0.2) is 4.90 Å². The molecule has 2 amide bonds.